The molecule has 4 atom stereocenters. The fourth-order valence-electron chi connectivity index (χ4n) is 2.60. The van der Waals surface area contributed by atoms with Crippen LogP contribution in [0.2, 0.25) is 0 Å². The molecule has 1 saturated heterocycles. The first-order valence-corrected chi connectivity index (χ1v) is 8.14. The summed E-state index contributed by atoms with van der Waals surface area (Å²) >= 11 is 0. The maximum atomic E-state index is 11.8. The first-order valence-electron chi connectivity index (χ1n) is 6.46. The van der Waals surface area contributed by atoms with Crippen molar-refractivity contribution in [2.45, 2.75) is 24.1 Å². The Kier molecular flexibility index (Phi) is 7.86. The number of nitrogen functional groups attached to an aromatic ring is 1. The molecule has 128 valence electrons. The number of rotatable bonds is 3. The minimum Gasteiger partial charge on any atom is -0.394 e. The van der Waals surface area contributed by atoms with Crippen LogP contribution in [0, 0.1) is 0 Å². The van der Waals surface area contributed by atoms with Crippen LogP contribution in [0.4, 0.5) is 5.95 Å². The number of fused-ring (bicyclic) bond motifs is 1. The van der Waals surface area contributed by atoms with E-state index in [2.05, 4.69) is 15.0 Å². The van der Waals surface area contributed by atoms with Gasteiger partial charge in [0.05, 0.1) is 12.9 Å². The van der Waals surface area contributed by atoms with Gasteiger partial charge in [0.25, 0.3) is 5.56 Å². The van der Waals surface area contributed by atoms with Crippen LogP contribution in [-0.4, -0.2) is 123 Å². The van der Waals surface area contributed by atoms with E-state index in [1.807, 2.05) is 0 Å². The first-order chi connectivity index (χ1) is 10.7. The summed E-state index contributed by atoms with van der Waals surface area (Å²) in [7, 11) is -4.80. The monoisotopic (exact) mass is 393 g/mol. The second kappa shape index (κ2) is 8.46. The molecular weight excluding hydrogens is 379 g/mol. The summed E-state index contributed by atoms with van der Waals surface area (Å²) in [5.74, 6) is -0.214. The van der Waals surface area contributed by atoms with E-state index in [4.69, 9.17) is 10.5 Å². The number of anilines is 1. The molecular formula is C10H14N5Na2O7P. The molecule has 12 nitrogen and oxygen atoms in total. The number of ether oxygens (including phenoxy) is 1. The van der Waals surface area contributed by atoms with Crippen molar-refractivity contribution in [3.63, 3.8) is 0 Å². The van der Waals surface area contributed by atoms with E-state index >= 15 is 0 Å². The number of aromatic nitrogens is 4. The van der Waals surface area contributed by atoms with Gasteiger partial charge in [-0.3, -0.25) is 18.9 Å². The Bertz CT molecular complexity index is 854. The molecule has 4 unspecified atom stereocenters. The standard InChI is InChI=1S/C10H14N5O7P.2Na/c11-10-13-7-4(8(18)14-10)12-2-15(7)9-6(23(19,20)21)5(17)3(1-16)22-9;;/h2-3,5-6,9,16-17H,1H2,(H2,19,20,21)(H3,11,13,14,18);;. The second-order valence-electron chi connectivity index (χ2n) is 5.09. The third-order valence-corrected chi connectivity index (χ3v) is 4.97. The number of aliphatic hydroxyl groups is 2. The Morgan fingerprint density at radius 2 is 2.04 bits per heavy atom. The van der Waals surface area contributed by atoms with Gasteiger partial charge in [-0.15, -0.1) is 0 Å². The maximum absolute atomic E-state index is 11.8. The van der Waals surface area contributed by atoms with Crippen LogP contribution in [0.3, 0.4) is 0 Å². The summed E-state index contributed by atoms with van der Waals surface area (Å²) in [6, 6.07) is 0. The number of hydrogen-bond acceptors (Lipinski definition) is 8. The van der Waals surface area contributed by atoms with Gasteiger partial charge in [0.1, 0.15) is 17.9 Å². The molecule has 2 radical (unpaired) electrons. The Balaban J connectivity index is 0.00000156. The van der Waals surface area contributed by atoms with Gasteiger partial charge in [-0.1, -0.05) is 0 Å². The van der Waals surface area contributed by atoms with Gasteiger partial charge < -0.3 is 30.5 Å². The van der Waals surface area contributed by atoms with Gasteiger partial charge >= 0.3 is 7.60 Å². The quantitative estimate of drug-likeness (QED) is 0.227. The molecule has 2 aromatic rings. The SMILES string of the molecule is Nc1nc2c(ncn2C2OC(CO)C(O)C2P(=O)(O)O)c(=O)[nH]1.[Na].[Na]. The third-order valence-electron chi connectivity index (χ3n) is 3.63. The van der Waals surface area contributed by atoms with E-state index in [0.717, 1.165) is 10.9 Å². The van der Waals surface area contributed by atoms with Crippen molar-refractivity contribution in [1.82, 2.24) is 19.5 Å². The van der Waals surface area contributed by atoms with Crippen LogP contribution >= 0.6 is 7.60 Å². The van der Waals surface area contributed by atoms with Crippen LogP contribution in [0.5, 0.6) is 0 Å². The summed E-state index contributed by atoms with van der Waals surface area (Å²) in [4.78, 5) is 40.7. The third kappa shape index (κ3) is 4.21. The van der Waals surface area contributed by atoms with Gasteiger partial charge in [-0.05, 0) is 0 Å². The number of imidazole rings is 1. The molecule has 0 amide bonds. The van der Waals surface area contributed by atoms with Crippen LogP contribution in [-0.2, 0) is 9.30 Å². The number of aliphatic hydroxyl groups excluding tert-OH is 2. The predicted molar refractivity (Wildman–Crippen MR) is 86.9 cm³/mol. The number of nitrogens with two attached hydrogens (primary N) is 1. The fourth-order valence-corrected chi connectivity index (χ4v) is 3.74. The van der Waals surface area contributed by atoms with E-state index in [1.165, 1.54) is 0 Å². The molecule has 0 saturated carbocycles. The van der Waals surface area contributed by atoms with E-state index < -0.39 is 43.9 Å². The molecule has 7 N–H and O–H groups in total. The number of nitrogens with zero attached hydrogens (tertiary/aromatic N) is 3. The van der Waals surface area contributed by atoms with E-state index in [1.54, 1.807) is 0 Å². The molecule has 1 aliphatic heterocycles. The summed E-state index contributed by atoms with van der Waals surface area (Å²) in [6.07, 6.45) is -3.08. The largest absolute Gasteiger partial charge is 0.394 e. The Hall–Kier alpha value is 0.180. The van der Waals surface area contributed by atoms with Crippen molar-refractivity contribution in [2.24, 2.45) is 0 Å². The normalized spacial score (nSPS) is 26.2. The minimum atomic E-state index is -4.80. The van der Waals surface area contributed by atoms with Crippen molar-refractivity contribution >= 4 is 83.8 Å². The molecule has 15 heteroatoms. The topological polar surface area (TPSA) is 197 Å². The second-order valence-corrected chi connectivity index (χ2v) is 6.87. The van der Waals surface area contributed by atoms with Gasteiger partial charge in [-0.25, -0.2) is 4.98 Å². The molecule has 3 heterocycles. The minimum absolute atomic E-state index is 0. The average Bonchev–Trinajstić information content (AvgIpc) is 2.98. The fraction of sp³-hybridized carbons (Fsp3) is 0.500. The molecule has 0 aromatic carbocycles. The molecule has 2 aromatic heterocycles. The van der Waals surface area contributed by atoms with Crippen LogP contribution in [0.25, 0.3) is 11.2 Å². The van der Waals surface area contributed by atoms with Gasteiger partial charge in [0.2, 0.25) is 5.95 Å². The van der Waals surface area contributed by atoms with E-state index in [0.29, 0.717) is 0 Å². The summed E-state index contributed by atoms with van der Waals surface area (Å²) in [5, 5.41) is 19.2. The zero-order chi connectivity index (χ0) is 16.9. The molecule has 0 spiro atoms. The van der Waals surface area contributed by atoms with Crippen molar-refractivity contribution in [3.8, 4) is 0 Å². The Morgan fingerprint density at radius 1 is 1.40 bits per heavy atom. The summed E-state index contributed by atoms with van der Waals surface area (Å²) < 4.78 is 18.1. The number of nitrogens with one attached hydrogen (secondary N) is 1. The average molecular weight is 393 g/mol. The molecule has 0 bridgehead atoms. The maximum Gasteiger partial charge on any atom is 0.335 e. The van der Waals surface area contributed by atoms with Crippen LogP contribution < -0.4 is 11.3 Å². The van der Waals surface area contributed by atoms with Crippen LogP contribution in [0.1, 0.15) is 6.23 Å². The smallest absolute Gasteiger partial charge is 0.335 e. The zero-order valence-electron chi connectivity index (χ0n) is 13.5. The molecule has 25 heavy (non-hydrogen) atoms. The van der Waals surface area contributed by atoms with E-state index in [9.17, 15) is 29.4 Å². The molecule has 0 aliphatic carbocycles. The van der Waals surface area contributed by atoms with Crippen molar-refractivity contribution in [3.05, 3.63) is 16.7 Å². The van der Waals surface area contributed by atoms with Crippen molar-refractivity contribution in [2.75, 3.05) is 12.3 Å². The van der Waals surface area contributed by atoms with Crippen LogP contribution in [0.15, 0.2) is 11.1 Å². The van der Waals surface area contributed by atoms with Crippen molar-refractivity contribution in [1.29, 1.82) is 0 Å². The summed E-state index contributed by atoms with van der Waals surface area (Å²) in [6.45, 7) is -0.642. The number of aromatic amines is 1. The molecule has 3 rings (SSSR count). The number of hydrogen-bond donors (Lipinski definition) is 6. The molecule has 1 aliphatic rings. The van der Waals surface area contributed by atoms with Gasteiger partial charge in [0, 0.05) is 59.1 Å². The molecule has 1 fully saturated rings. The van der Waals surface area contributed by atoms with Gasteiger partial charge in [-0.2, -0.15) is 4.98 Å². The first kappa shape index (κ1) is 23.2. The summed E-state index contributed by atoms with van der Waals surface area (Å²) in [5.41, 5.74) is 3.02. The Labute approximate surface area is 184 Å². The number of H-pyrrole nitrogens is 1. The van der Waals surface area contributed by atoms with Gasteiger partial charge in [0.15, 0.2) is 17.4 Å². The van der Waals surface area contributed by atoms with E-state index in [-0.39, 0.29) is 76.2 Å². The Morgan fingerprint density at radius 3 is 2.60 bits per heavy atom. The zero-order valence-corrected chi connectivity index (χ0v) is 18.4. The predicted octanol–water partition coefficient (Wildman–Crippen LogP) is -3.26. The van der Waals surface area contributed by atoms with Crippen molar-refractivity contribution < 1.29 is 29.3 Å².